The number of esters is 1. The Labute approximate surface area is 168 Å². The molecule has 2 aliphatic rings. The smallest absolute Gasteiger partial charge is 0.323 e. The van der Waals surface area contributed by atoms with Gasteiger partial charge in [0.15, 0.2) is 0 Å². The van der Waals surface area contributed by atoms with E-state index in [9.17, 15) is 4.79 Å². The van der Waals surface area contributed by atoms with Crippen LogP contribution in [-0.2, 0) is 22.4 Å². The maximum atomic E-state index is 12.4. The van der Waals surface area contributed by atoms with Gasteiger partial charge in [-0.15, -0.1) is 0 Å². The van der Waals surface area contributed by atoms with E-state index in [1.54, 1.807) is 0 Å². The van der Waals surface area contributed by atoms with Gasteiger partial charge in [-0.1, -0.05) is 61.0 Å². The van der Waals surface area contributed by atoms with Gasteiger partial charge in [0.05, 0.1) is 6.61 Å². The van der Waals surface area contributed by atoms with E-state index < -0.39 is 0 Å². The molecule has 1 saturated heterocycles. The minimum Gasteiger partial charge on any atom is -0.465 e. The summed E-state index contributed by atoms with van der Waals surface area (Å²) in [6, 6.07) is 17.4. The second-order valence-corrected chi connectivity index (χ2v) is 7.69. The molecule has 2 aromatic rings. The summed E-state index contributed by atoms with van der Waals surface area (Å²) >= 11 is 0. The van der Waals surface area contributed by atoms with Crippen molar-refractivity contribution in [3.05, 3.63) is 76.9 Å². The van der Waals surface area contributed by atoms with E-state index in [1.165, 1.54) is 27.8 Å². The van der Waals surface area contributed by atoms with Crippen molar-refractivity contribution in [1.82, 2.24) is 4.90 Å². The Morgan fingerprint density at radius 3 is 2.32 bits per heavy atom. The van der Waals surface area contributed by atoms with Crippen molar-refractivity contribution in [2.45, 2.75) is 45.1 Å². The molecule has 0 amide bonds. The first kappa shape index (κ1) is 18.9. The third-order valence-corrected chi connectivity index (χ3v) is 5.98. The van der Waals surface area contributed by atoms with Crippen LogP contribution in [-0.4, -0.2) is 36.6 Å². The summed E-state index contributed by atoms with van der Waals surface area (Å²) in [5.74, 6) is -0.0673. The fourth-order valence-electron chi connectivity index (χ4n) is 4.56. The van der Waals surface area contributed by atoms with Crippen LogP contribution in [0.15, 0.2) is 54.6 Å². The average Bonchev–Trinajstić information content (AvgIpc) is 2.89. The van der Waals surface area contributed by atoms with Gasteiger partial charge in [0.1, 0.15) is 6.04 Å². The molecular weight excluding hydrogens is 346 g/mol. The standard InChI is InChI=1S/C25H29NO2/c1-2-28-25(27)24-13-7-8-17-26(24)18-16-23-21-11-5-3-9-19(21)14-15-20-10-4-6-12-22(20)23/h3-6,9-12,16,24H,2,7-8,13-15,17-18H2,1H3. The minimum atomic E-state index is -0.109. The second kappa shape index (κ2) is 8.74. The molecule has 0 bridgehead atoms. The van der Waals surface area contributed by atoms with E-state index in [2.05, 4.69) is 59.5 Å². The van der Waals surface area contributed by atoms with Gasteiger partial charge in [-0.05, 0) is 67.0 Å². The molecule has 4 rings (SSSR count). The highest BCUT2D eigenvalue weighted by molar-refractivity contribution is 5.84. The molecule has 3 nitrogen and oxygen atoms in total. The van der Waals surface area contributed by atoms with E-state index in [1.807, 2.05) is 6.92 Å². The SMILES string of the molecule is CCOC(=O)C1CCCCN1CC=C1c2ccccc2CCc2ccccc21. The predicted molar refractivity (Wildman–Crippen MR) is 113 cm³/mol. The highest BCUT2D eigenvalue weighted by Crippen LogP contribution is 2.33. The quantitative estimate of drug-likeness (QED) is 0.730. The number of aryl methyl sites for hydroxylation is 2. The third kappa shape index (κ3) is 3.90. The van der Waals surface area contributed by atoms with Crippen molar-refractivity contribution in [2.24, 2.45) is 0 Å². The Kier molecular flexibility index (Phi) is 5.92. The van der Waals surface area contributed by atoms with Crippen molar-refractivity contribution in [1.29, 1.82) is 0 Å². The van der Waals surface area contributed by atoms with E-state index in [4.69, 9.17) is 4.74 Å². The molecule has 1 aliphatic carbocycles. The number of hydrogen-bond donors (Lipinski definition) is 0. The van der Waals surface area contributed by atoms with Crippen LogP contribution in [0.1, 0.15) is 48.4 Å². The van der Waals surface area contributed by atoms with Gasteiger partial charge in [0.25, 0.3) is 0 Å². The molecule has 1 fully saturated rings. The maximum Gasteiger partial charge on any atom is 0.323 e. The summed E-state index contributed by atoms with van der Waals surface area (Å²) in [6.45, 7) is 4.06. The zero-order valence-corrected chi connectivity index (χ0v) is 16.7. The molecule has 0 radical (unpaired) electrons. The number of nitrogens with zero attached hydrogens (tertiary/aromatic N) is 1. The molecule has 0 spiro atoms. The van der Waals surface area contributed by atoms with Crippen LogP contribution in [0.4, 0.5) is 0 Å². The summed E-state index contributed by atoms with van der Waals surface area (Å²) in [6.07, 6.45) is 7.61. The molecule has 1 atom stereocenters. The number of benzene rings is 2. The summed E-state index contributed by atoms with van der Waals surface area (Å²) in [7, 11) is 0. The molecule has 28 heavy (non-hydrogen) atoms. The molecule has 0 aromatic heterocycles. The van der Waals surface area contributed by atoms with E-state index in [0.29, 0.717) is 6.61 Å². The maximum absolute atomic E-state index is 12.4. The fourth-order valence-corrected chi connectivity index (χ4v) is 4.56. The van der Waals surface area contributed by atoms with Crippen molar-refractivity contribution in [3.63, 3.8) is 0 Å². The van der Waals surface area contributed by atoms with Gasteiger partial charge in [-0.3, -0.25) is 9.69 Å². The Hall–Kier alpha value is -2.39. The van der Waals surface area contributed by atoms with Crippen LogP contribution in [0.3, 0.4) is 0 Å². The van der Waals surface area contributed by atoms with Crippen molar-refractivity contribution < 1.29 is 9.53 Å². The molecule has 3 heteroatoms. The van der Waals surface area contributed by atoms with E-state index in [0.717, 1.165) is 45.2 Å². The monoisotopic (exact) mass is 375 g/mol. The highest BCUT2D eigenvalue weighted by Gasteiger charge is 2.29. The topological polar surface area (TPSA) is 29.5 Å². The van der Waals surface area contributed by atoms with Gasteiger partial charge in [-0.2, -0.15) is 0 Å². The van der Waals surface area contributed by atoms with Crippen LogP contribution in [0, 0.1) is 0 Å². The predicted octanol–water partition coefficient (Wildman–Crippen LogP) is 4.63. The van der Waals surface area contributed by atoms with Crippen LogP contribution in [0.5, 0.6) is 0 Å². The number of ether oxygens (including phenoxy) is 1. The normalized spacial score (nSPS) is 19.3. The van der Waals surface area contributed by atoms with Crippen molar-refractivity contribution >= 4 is 11.5 Å². The van der Waals surface area contributed by atoms with Crippen molar-refractivity contribution in [3.8, 4) is 0 Å². The molecule has 1 heterocycles. The zero-order chi connectivity index (χ0) is 19.3. The lowest BCUT2D eigenvalue weighted by Gasteiger charge is -2.33. The molecule has 1 unspecified atom stereocenters. The summed E-state index contributed by atoms with van der Waals surface area (Å²) in [4.78, 5) is 14.7. The van der Waals surface area contributed by atoms with Crippen LogP contribution in [0.2, 0.25) is 0 Å². The first-order valence-corrected chi connectivity index (χ1v) is 10.6. The molecular formula is C25H29NO2. The van der Waals surface area contributed by atoms with Crippen molar-refractivity contribution in [2.75, 3.05) is 19.7 Å². The first-order chi connectivity index (χ1) is 13.8. The van der Waals surface area contributed by atoms with Crippen LogP contribution >= 0.6 is 0 Å². The lowest BCUT2D eigenvalue weighted by Crippen LogP contribution is -2.45. The lowest BCUT2D eigenvalue weighted by atomic mass is 9.93. The Balaban J connectivity index is 1.67. The number of fused-ring (bicyclic) bond motifs is 2. The highest BCUT2D eigenvalue weighted by atomic mass is 16.5. The van der Waals surface area contributed by atoms with E-state index >= 15 is 0 Å². The van der Waals surface area contributed by atoms with Gasteiger partial charge < -0.3 is 4.74 Å². The number of hydrogen-bond acceptors (Lipinski definition) is 3. The zero-order valence-electron chi connectivity index (χ0n) is 16.7. The molecule has 0 N–H and O–H groups in total. The fraction of sp³-hybridized carbons (Fsp3) is 0.400. The molecule has 1 aliphatic heterocycles. The third-order valence-electron chi connectivity index (χ3n) is 5.98. The summed E-state index contributed by atoms with van der Waals surface area (Å²) in [5.41, 5.74) is 6.78. The van der Waals surface area contributed by atoms with E-state index in [-0.39, 0.29) is 12.0 Å². The Morgan fingerprint density at radius 2 is 1.68 bits per heavy atom. The number of piperidine rings is 1. The first-order valence-electron chi connectivity index (χ1n) is 10.6. The van der Waals surface area contributed by atoms with Gasteiger partial charge in [0.2, 0.25) is 0 Å². The van der Waals surface area contributed by atoms with Crippen LogP contribution < -0.4 is 0 Å². The number of carbonyl (C=O) groups excluding carboxylic acids is 1. The van der Waals surface area contributed by atoms with Crippen LogP contribution in [0.25, 0.3) is 5.57 Å². The molecule has 0 saturated carbocycles. The molecule has 146 valence electrons. The van der Waals surface area contributed by atoms with Gasteiger partial charge in [0, 0.05) is 6.54 Å². The Bertz CT molecular complexity index is 821. The number of likely N-dealkylation sites (tertiary alicyclic amines) is 1. The number of rotatable bonds is 4. The summed E-state index contributed by atoms with van der Waals surface area (Å²) in [5, 5.41) is 0. The van der Waals surface area contributed by atoms with Gasteiger partial charge in [-0.25, -0.2) is 0 Å². The summed E-state index contributed by atoms with van der Waals surface area (Å²) < 4.78 is 5.33. The number of carbonyl (C=O) groups is 1. The van der Waals surface area contributed by atoms with Gasteiger partial charge >= 0.3 is 5.97 Å². The average molecular weight is 376 g/mol. The lowest BCUT2D eigenvalue weighted by molar-refractivity contribution is -0.150. The molecule has 2 aromatic carbocycles. The largest absolute Gasteiger partial charge is 0.465 e. The Morgan fingerprint density at radius 1 is 1.04 bits per heavy atom. The second-order valence-electron chi connectivity index (χ2n) is 7.69. The minimum absolute atomic E-state index is 0.0673.